The zero-order chi connectivity index (χ0) is 15.4. The van der Waals surface area contributed by atoms with Gasteiger partial charge in [-0.05, 0) is 24.6 Å². The highest BCUT2D eigenvalue weighted by Crippen LogP contribution is 2.22. The summed E-state index contributed by atoms with van der Waals surface area (Å²) in [5.41, 5.74) is 3.49. The first-order valence-corrected chi connectivity index (χ1v) is 6.92. The number of aryl methyl sites for hydroxylation is 1. The molecule has 110 valence electrons. The van der Waals surface area contributed by atoms with Crippen molar-refractivity contribution < 1.29 is 0 Å². The number of nitrogens with zero attached hydrogens (tertiary/aromatic N) is 4. The summed E-state index contributed by atoms with van der Waals surface area (Å²) >= 11 is 0. The molecule has 6 heteroatoms. The third kappa shape index (κ3) is 3.01. The van der Waals surface area contributed by atoms with Crippen molar-refractivity contribution in [2.45, 2.75) is 6.92 Å². The van der Waals surface area contributed by atoms with Crippen molar-refractivity contribution >= 4 is 28.5 Å². The van der Waals surface area contributed by atoms with E-state index in [1.54, 1.807) is 12.3 Å². The molecule has 0 saturated heterocycles. The number of hydrogen-bond acceptors (Lipinski definition) is 6. The van der Waals surface area contributed by atoms with E-state index in [0.717, 1.165) is 5.69 Å². The minimum atomic E-state index is 0.523. The molecule has 0 spiro atoms. The highest BCUT2D eigenvalue weighted by Gasteiger charge is 2.07. The van der Waals surface area contributed by atoms with Crippen molar-refractivity contribution in [2.24, 2.45) is 0 Å². The predicted octanol–water partition coefficient (Wildman–Crippen LogP) is 3.07. The second-order valence-electron chi connectivity index (χ2n) is 4.81. The summed E-state index contributed by atoms with van der Waals surface area (Å²) < 4.78 is 0. The Morgan fingerprint density at radius 2 is 2.14 bits per heavy atom. The van der Waals surface area contributed by atoms with Gasteiger partial charge in [0.05, 0.1) is 6.20 Å². The second-order valence-corrected chi connectivity index (χ2v) is 4.81. The van der Waals surface area contributed by atoms with Gasteiger partial charge in [-0.25, -0.2) is 19.9 Å². The average Bonchev–Trinajstić information content (AvgIpc) is 2.53. The predicted molar refractivity (Wildman–Crippen MR) is 88.3 cm³/mol. The maximum absolute atomic E-state index is 4.47. The maximum atomic E-state index is 4.47. The smallest absolute Gasteiger partial charge is 0.223 e. The van der Waals surface area contributed by atoms with Gasteiger partial charge in [-0.2, -0.15) is 0 Å². The monoisotopic (exact) mass is 292 g/mol. The van der Waals surface area contributed by atoms with E-state index in [1.165, 1.54) is 11.9 Å². The number of aromatic nitrogens is 4. The van der Waals surface area contributed by atoms with Crippen LogP contribution in [0.2, 0.25) is 0 Å². The van der Waals surface area contributed by atoms with Crippen molar-refractivity contribution in [1.29, 1.82) is 0 Å². The normalized spacial score (nSPS) is 10.4. The lowest BCUT2D eigenvalue weighted by molar-refractivity contribution is 1.12. The van der Waals surface area contributed by atoms with Gasteiger partial charge < -0.3 is 10.6 Å². The van der Waals surface area contributed by atoms with Gasteiger partial charge in [0.2, 0.25) is 5.95 Å². The molecule has 0 aliphatic carbocycles. The first-order chi connectivity index (χ1) is 10.8. The van der Waals surface area contributed by atoms with Crippen LogP contribution in [0.5, 0.6) is 0 Å². The van der Waals surface area contributed by atoms with Gasteiger partial charge in [-0.3, -0.25) is 0 Å². The summed E-state index contributed by atoms with van der Waals surface area (Å²) in [6, 6.07) is 8.07. The highest BCUT2D eigenvalue weighted by atomic mass is 15.1. The van der Waals surface area contributed by atoms with Gasteiger partial charge >= 0.3 is 0 Å². The van der Waals surface area contributed by atoms with Crippen molar-refractivity contribution in [3.05, 3.63) is 55.0 Å². The van der Waals surface area contributed by atoms with Crippen LogP contribution < -0.4 is 10.6 Å². The van der Waals surface area contributed by atoms with E-state index in [1.807, 2.05) is 31.2 Å². The standard InChI is InChI=1S/C16H16N6/c1-3-7-17-16-18-9-13-14(22-16)15(20-10-19-13)21-12-6-4-5-11(2)8-12/h3-6,8-10H,1,7H2,2H3,(H,17,18,22)(H,19,20,21). The highest BCUT2D eigenvalue weighted by molar-refractivity contribution is 5.87. The number of nitrogens with one attached hydrogen (secondary N) is 2. The molecular formula is C16H16N6. The van der Waals surface area contributed by atoms with Crippen molar-refractivity contribution in [3.8, 4) is 0 Å². The molecule has 2 N–H and O–H groups in total. The minimum absolute atomic E-state index is 0.523. The number of fused-ring (bicyclic) bond motifs is 1. The molecule has 1 aromatic carbocycles. The Bertz CT molecular complexity index is 815. The van der Waals surface area contributed by atoms with Gasteiger partial charge in [0.1, 0.15) is 17.4 Å². The minimum Gasteiger partial charge on any atom is -0.351 e. The Hall–Kier alpha value is -3.02. The average molecular weight is 292 g/mol. The zero-order valence-corrected chi connectivity index (χ0v) is 12.2. The van der Waals surface area contributed by atoms with Gasteiger partial charge in [-0.15, -0.1) is 6.58 Å². The van der Waals surface area contributed by atoms with Gasteiger partial charge in [0.15, 0.2) is 5.82 Å². The van der Waals surface area contributed by atoms with Gasteiger partial charge in [0, 0.05) is 12.2 Å². The summed E-state index contributed by atoms with van der Waals surface area (Å²) in [4.78, 5) is 17.2. The van der Waals surface area contributed by atoms with Crippen LogP contribution in [0, 0.1) is 6.92 Å². The SMILES string of the molecule is C=CCNc1ncc2ncnc(Nc3cccc(C)c3)c2n1. The van der Waals surface area contributed by atoms with Crippen LogP contribution in [0.1, 0.15) is 5.56 Å². The summed E-state index contributed by atoms with van der Waals surface area (Å²) in [7, 11) is 0. The zero-order valence-electron chi connectivity index (χ0n) is 12.2. The van der Waals surface area contributed by atoms with Crippen LogP contribution in [0.3, 0.4) is 0 Å². The quantitative estimate of drug-likeness (QED) is 0.704. The molecule has 0 saturated carbocycles. The topological polar surface area (TPSA) is 75.6 Å². The Morgan fingerprint density at radius 3 is 2.95 bits per heavy atom. The Morgan fingerprint density at radius 1 is 1.23 bits per heavy atom. The summed E-state index contributed by atoms with van der Waals surface area (Å²) in [5, 5.41) is 6.34. The number of rotatable bonds is 5. The molecule has 0 fully saturated rings. The molecular weight excluding hydrogens is 276 g/mol. The fourth-order valence-electron chi connectivity index (χ4n) is 2.05. The third-order valence-corrected chi connectivity index (χ3v) is 3.06. The van der Waals surface area contributed by atoms with E-state index >= 15 is 0 Å². The van der Waals surface area contributed by atoms with E-state index in [2.05, 4.69) is 37.1 Å². The molecule has 2 aromatic heterocycles. The molecule has 22 heavy (non-hydrogen) atoms. The van der Waals surface area contributed by atoms with Crippen LogP contribution in [-0.2, 0) is 0 Å². The van der Waals surface area contributed by atoms with Crippen LogP contribution in [-0.4, -0.2) is 26.5 Å². The molecule has 0 aliphatic rings. The molecule has 2 heterocycles. The number of anilines is 3. The lowest BCUT2D eigenvalue weighted by Crippen LogP contribution is -2.05. The molecule has 3 aromatic rings. The van der Waals surface area contributed by atoms with E-state index in [-0.39, 0.29) is 0 Å². The van der Waals surface area contributed by atoms with Crippen LogP contribution in [0.25, 0.3) is 11.0 Å². The molecule has 0 amide bonds. The van der Waals surface area contributed by atoms with Crippen molar-refractivity contribution in [3.63, 3.8) is 0 Å². The van der Waals surface area contributed by atoms with E-state index in [4.69, 9.17) is 0 Å². The van der Waals surface area contributed by atoms with E-state index in [0.29, 0.717) is 29.3 Å². The maximum Gasteiger partial charge on any atom is 0.223 e. The van der Waals surface area contributed by atoms with Crippen LogP contribution >= 0.6 is 0 Å². The molecule has 6 nitrogen and oxygen atoms in total. The van der Waals surface area contributed by atoms with Gasteiger partial charge in [0.25, 0.3) is 0 Å². The van der Waals surface area contributed by atoms with Crippen LogP contribution in [0.4, 0.5) is 17.5 Å². The van der Waals surface area contributed by atoms with E-state index < -0.39 is 0 Å². The van der Waals surface area contributed by atoms with E-state index in [9.17, 15) is 0 Å². The molecule has 0 atom stereocenters. The lowest BCUT2D eigenvalue weighted by atomic mass is 10.2. The summed E-state index contributed by atoms with van der Waals surface area (Å²) in [6.45, 7) is 6.31. The second kappa shape index (κ2) is 6.17. The molecule has 0 bridgehead atoms. The molecule has 0 unspecified atom stereocenters. The first-order valence-electron chi connectivity index (χ1n) is 6.92. The molecule has 0 radical (unpaired) electrons. The Kier molecular flexibility index (Phi) is 3.91. The summed E-state index contributed by atoms with van der Waals surface area (Å²) in [6.07, 6.45) is 4.93. The largest absolute Gasteiger partial charge is 0.351 e. The van der Waals surface area contributed by atoms with Crippen LogP contribution in [0.15, 0.2) is 49.4 Å². The third-order valence-electron chi connectivity index (χ3n) is 3.06. The lowest BCUT2D eigenvalue weighted by Gasteiger charge is -2.09. The Balaban J connectivity index is 1.99. The molecule has 3 rings (SSSR count). The Labute approximate surface area is 128 Å². The summed E-state index contributed by atoms with van der Waals surface area (Å²) in [5.74, 6) is 1.18. The van der Waals surface area contributed by atoms with Crippen molar-refractivity contribution in [1.82, 2.24) is 19.9 Å². The number of hydrogen-bond donors (Lipinski definition) is 2. The molecule has 0 aliphatic heterocycles. The first kappa shape index (κ1) is 13.9. The van der Waals surface area contributed by atoms with Crippen molar-refractivity contribution in [2.75, 3.05) is 17.2 Å². The fraction of sp³-hybridized carbons (Fsp3) is 0.125. The number of benzene rings is 1. The van der Waals surface area contributed by atoms with Gasteiger partial charge in [-0.1, -0.05) is 18.2 Å². The fourth-order valence-corrected chi connectivity index (χ4v) is 2.05.